The van der Waals surface area contributed by atoms with Gasteiger partial charge in [0.1, 0.15) is 12.1 Å². The van der Waals surface area contributed by atoms with Gasteiger partial charge in [0.15, 0.2) is 5.65 Å². The van der Waals surface area contributed by atoms with Gasteiger partial charge in [0.05, 0.1) is 22.3 Å². The predicted octanol–water partition coefficient (Wildman–Crippen LogP) is 1.60. The van der Waals surface area contributed by atoms with Gasteiger partial charge in [0.25, 0.3) is 11.5 Å². The number of hydrogen-bond donors (Lipinski definition) is 2. The van der Waals surface area contributed by atoms with Crippen LogP contribution in [0.15, 0.2) is 40.2 Å². The molecule has 0 radical (unpaired) electrons. The van der Waals surface area contributed by atoms with Crippen molar-refractivity contribution in [2.75, 3.05) is 5.32 Å². The van der Waals surface area contributed by atoms with Gasteiger partial charge in [0.2, 0.25) is 0 Å². The van der Waals surface area contributed by atoms with Crippen LogP contribution in [0.25, 0.3) is 16.7 Å². The molecule has 0 aliphatic carbocycles. The maximum absolute atomic E-state index is 14.5. The van der Waals surface area contributed by atoms with Crippen molar-refractivity contribution in [1.82, 2.24) is 34.7 Å². The minimum absolute atomic E-state index is 0.0191. The minimum atomic E-state index is -0.745. The summed E-state index contributed by atoms with van der Waals surface area (Å²) in [6.07, 6.45) is 1.33. The van der Waals surface area contributed by atoms with Crippen LogP contribution in [0.2, 0.25) is 0 Å². The molecule has 11 nitrogen and oxygen atoms in total. The Balaban J connectivity index is 1.87. The summed E-state index contributed by atoms with van der Waals surface area (Å²) in [5.41, 5.74) is -0.478. The SMILES string of the molecule is CCn1c(=O)[nH]c(=O)c2c(C(=O)Nc3cc(-n4cnnn4)ccc3F)cc(C(C)C)nc21. The fourth-order valence-electron chi connectivity index (χ4n) is 3.28. The summed E-state index contributed by atoms with van der Waals surface area (Å²) in [6, 6.07) is 5.46. The molecular formula is C20H19FN8O3. The smallest absolute Gasteiger partial charge is 0.319 e. The summed E-state index contributed by atoms with van der Waals surface area (Å²) in [7, 11) is 0. The summed E-state index contributed by atoms with van der Waals surface area (Å²) >= 11 is 0. The molecule has 0 atom stereocenters. The highest BCUT2D eigenvalue weighted by Crippen LogP contribution is 2.23. The van der Waals surface area contributed by atoms with Crippen LogP contribution < -0.4 is 16.6 Å². The Morgan fingerprint density at radius 3 is 2.69 bits per heavy atom. The van der Waals surface area contributed by atoms with E-state index in [1.165, 1.54) is 39.8 Å². The number of carbonyl (C=O) groups excluding carboxylic acids is 1. The van der Waals surface area contributed by atoms with Crippen LogP contribution in [0.4, 0.5) is 10.1 Å². The second-order valence-corrected chi connectivity index (χ2v) is 7.32. The number of aromatic nitrogens is 7. The van der Waals surface area contributed by atoms with E-state index in [-0.39, 0.29) is 34.7 Å². The first kappa shape index (κ1) is 21.0. The molecular weight excluding hydrogens is 419 g/mol. The van der Waals surface area contributed by atoms with Crippen LogP contribution >= 0.6 is 0 Å². The Morgan fingerprint density at radius 2 is 2.03 bits per heavy atom. The number of aryl methyl sites for hydroxylation is 1. The molecule has 3 heterocycles. The number of anilines is 1. The van der Waals surface area contributed by atoms with E-state index in [0.29, 0.717) is 11.4 Å². The zero-order valence-corrected chi connectivity index (χ0v) is 17.5. The highest BCUT2D eigenvalue weighted by Gasteiger charge is 2.21. The monoisotopic (exact) mass is 438 g/mol. The summed E-state index contributed by atoms with van der Waals surface area (Å²) in [6.45, 7) is 5.70. The van der Waals surface area contributed by atoms with Crippen LogP contribution in [0.1, 0.15) is 42.7 Å². The van der Waals surface area contributed by atoms with Gasteiger partial charge in [-0.05, 0) is 47.5 Å². The number of carbonyl (C=O) groups is 1. The molecule has 0 aliphatic rings. The molecule has 0 saturated heterocycles. The number of benzene rings is 1. The van der Waals surface area contributed by atoms with E-state index in [1.807, 2.05) is 13.8 Å². The zero-order chi connectivity index (χ0) is 23.0. The number of nitrogens with one attached hydrogen (secondary N) is 2. The van der Waals surface area contributed by atoms with Crippen LogP contribution in [-0.4, -0.2) is 40.6 Å². The lowest BCUT2D eigenvalue weighted by Gasteiger charge is -2.14. The van der Waals surface area contributed by atoms with Crippen molar-refractivity contribution in [2.24, 2.45) is 0 Å². The van der Waals surface area contributed by atoms with Crippen LogP contribution in [0.3, 0.4) is 0 Å². The molecule has 0 fully saturated rings. The molecule has 0 saturated carbocycles. The summed E-state index contributed by atoms with van der Waals surface area (Å²) in [4.78, 5) is 44.7. The number of amides is 1. The molecule has 32 heavy (non-hydrogen) atoms. The molecule has 0 spiro atoms. The number of halogens is 1. The highest BCUT2D eigenvalue weighted by molar-refractivity contribution is 6.12. The van der Waals surface area contributed by atoms with Gasteiger partial charge in [-0.15, -0.1) is 5.10 Å². The van der Waals surface area contributed by atoms with Crippen molar-refractivity contribution >= 4 is 22.6 Å². The van der Waals surface area contributed by atoms with Gasteiger partial charge < -0.3 is 5.32 Å². The predicted molar refractivity (Wildman–Crippen MR) is 113 cm³/mol. The molecule has 0 bridgehead atoms. The van der Waals surface area contributed by atoms with Gasteiger partial charge in [-0.1, -0.05) is 13.8 Å². The number of hydrogen-bond acceptors (Lipinski definition) is 7. The third-order valence-corrected chi connectivity index (χ3v) is 4.93. The summed E-state index contributed by atoms with van der Waals surface area (Å²) in [5, 5.41) is 13.3. The summed E-state index contributed by atoms with van der Waals surface area (Å²) < 4.78 is 17.0. The quantitative estimate of drug-likeness (QED) is 0.482. The number of nitrogens with zero attached hydrogens (tertiary/aromatic N) is 6. The van der Waals surface area contributed by atoms with Gasteiger partial charge in [0, 0.05) is 12.2 Å². The van der Waals surface area contributed by atoms with Crippen molar-refractivity contribution in [1.29, 1.82) is 0 Å². The van der Waals surface area contributed by atoms with E-state index in [2.05, 4.69) is 30.8 Å². The van der Waals surface area contributed by atoms with Crippen molar-refractivity contribution in [3.8, 4) is 5.69 Å². The van der Waals surface area contributed by atoms with E-state index >= 15 is 0 Å². The second-order valence-electron chi connectivity index (χ2n) is 7.32. The molecule has 4 rings (SSSR count). The van der Waals surface area contributed by atoms with E-state index in [1.54, 1.807) is 6.92 Å². The number of fused-ring (bicyclic) bond motifs is 1. The lowest BCUT2D eigenvalue weighted by atomic mass is 10.0. The molecule has 4 aromatic rings. The minimum Gasteiger partial charge on any atom is -0.319 e. The lowest BCUT2D eigenvalue weighted by molar-refractivity contribution is 0.102. The van der Waals surface area contributed by atoms with E-state index in [4.69, 9.17) is 0 Å². The average Bonchev–Trinajstić information content (AvgIpc) is 3.29. The van der Waals surface area contributed by atoms with Gasteiger partial charge in [-0.25, -0.2) is 18.9 Å². The Morgan fingerprint density at radius 1 is 1.25 bits per heavy atom. The fourth-order valence-corrected chi connectivity index (χ4v) is 3.28. The van der Waals surface area contributed by atoms with E-state index in [0.717, 1.165) is 0 Å². The topological polar surface area (TPSA) is 140 Å². The molecule has 0 unspecified atom stereocenters. The van der Waals surface area contributed by atoms with E-state index < -0.39 is 23.0 Å². The molecule has 164 valence electrons. The van der Waals surface area contributed by atoms with Gasteiger partial charge in [-0.2, -0.15) is 0 Å². The number of tetrazole rings is 1. The first-order chi connectivity index (χ1) is 15.3. The molecule has 0 aliphatic heterocycles. The molecule has 2 N–H and O–H groups in total. The Labute approximate surface area is 179 Å². The van der Waals surface area contributed by atoms with Gasteiger partial charge >= 0.3 is 5.69 Å². The third-order valence-electron chi connectivity index (χ3n) is 4.93. The maximum atomic E-state index is 14.5. The highest BCUT2D eigenvalue weighted by atomic mass is 19.1. The number of H-pyrrole nitrogens is 1. The summed E-state index contributed by atoms with van der Waals surface area (Å²) in [5.74, 6) is -1.50. The van der Waals surface area contributed by atoms with Crippen LogP contribution in [0.5, 0.6) is 0 Å². The number of rotatable bonds is 5. The lowest BCUT2D eigenvalue weighted by Crippen LogP contribution is -2.32. The normalized spacial score (nSPS) is 11.3. The first-order valence-electron chi connectivity index (χ1n) is 9.82. The number of pyridine rings is 1. The Hall–Kier alpha value is -4.22. The standard InChI is InChI=1S/C20H19FN8O3/c1-4-28-17-16(19(31)25-20(28)32)12(8-14(23-17)10(2)3)18(30)24-15-7-11(5-6-13(15)21)29-9-22-26-27-29/h5-10H,4H2,1-3H3,(H,24,30)(H,25,31,32). The Bertz CT molecular complexity index is 1440. The molecule has 1 amide bonds. The van der Waals surface area contributed by atoms with E-state index in [9.17, 15) is 18.8 Å². The van der Waals surface area contributed by atoms with Crippen molar-refractivity contribution < 1.29 is 9.18 Å². The zero-order valence-electron chi connectivity index (χ0n) is 17.5. The Kier molecular flexibility index (Phi) is 5.34. The molecule has 1 aromatic carbocycles. The van der Waals surface area contributed by atoms with Crippen LogP contribution in [-0.2, 0) is 6.54 Å². The fraction of sp³-hybridized carbons (Fsp3) is 0.250. The van der Waals surface area contributed by atoms with Crippen molar-refractivity contribution in [3.05, 3.63) is 68.5 Å². The average molecular weight is 438 g/mol. The molecule has 12 heteroatoms. The third kappa shape index (κ3) is 3.66. The van der Waals surface area contributed by atoms with Gasteiger partial charge in [-0.3, -0.25) is 19.1 Å². The second kappa shape index (κ2) is 8.13. The van der Waals surface area contributed by atoms with Crippen LogP contribution in [0, 0.1) is 5.82 Å². The number of aromatic amines is 1. The first-order valence-corrected chi connectivity index (χ1v) is 9.82. The molecule has 3 aromatic heterocycles. The van der Waals surface area contributed by atoms with Crippen molar-refractivity contribution in [3.63, 3.8) is 0 Å². The maximum Gasteiger partial charge on any atom is 0.329 e. The largest absolute Gasteiger partial charge is 0.329 e. The van der Waals surface area contributed by atoms with Crippen molar-refractivity contribution in [2.45, 2.75) is 33.2 Å².